The number of nitrogens with one attached hydrogen (secondary N) is 1. The molecule has 138 valence electrons. The molecule has 0 aliphatic carbocycles. The van der Waals surface area contributed by atoms with Crippen LogP contribution < -0.4 is 10.1 Å². The van der Waals surface area contributed by atoms with Crippen LogP contribution in [0.5, 0.6) is 5.75 Å². The highest BCUT2D eigenvalue weighted by Gasteiger charge is 2.20. The summed E-state index contributed by atoms with van der Waals surface area (Å²) in [4.78, 5) is 0. The summed E-state index contributed by atoms with van der Waals surface area (Å²) in [6, 6.07) is 16.2. The van der Waals surface area contributed by atoms with Gasteiger partial charge in [-0.25, -0.2) is 0 Å². The number of halogens is 2. The summed E-state index contributed by atoms with van der Waals surface area (Å²) in [7, 11) is 0. The largest absolute Gasteiger partial charge is 0.489 e. The summed E-state index contributed by atoms with van der Waals surface area (Å²) < 4.78 is 5.61. The molecule has 6 heteroatoms. The SMILES string of the molecule is Cl.O.OC(CCC1NCCc2ccccc21)COc1ccccc1Cl. The molecule has 1 heterocycles. The van der Waals surface area contributed by atoms with E-state index < -0.39 is 6.10 Å². The lowest BCUT2D eigenvalue weighted by Crippen LogP contribution is -2.31. The van der Waals surface area contributed by atoms with Crippen LogP contribution in [0.25, 0.3) is 0 Å². The van der Waals surface area contributed by atoms with Crippen LogP contribution in [0.4, 0.5) is 0 Å². The van der Waals surface area contributed by atoms with Gasteiger partial charge >= 0.3 is 0 Å². The third-order valence-corrected chi connectivity index (χ3v) is 4.58. The van der Waals surface area contributed by atoms with E-state index >= 15 is 0 Å². The molecule has 3 rings (SSSR count). The summed E-state index contributed by atoms with van der Waals surface area (Å²) >= 11 is 6.05. The fourth-order valence-corrected chi connectivity index (χ4v) is 3.23. The lowest BCUT2D eigenvalue weighted by molar-refractivity contribution is 0.0951. The Kier molecular flexibility index (Phi) is 9.25. The van der Waals surface area contributed by atoms with E-state index in [0.717, 1.165) is 19.4 Å². The predicted octanol–water partition coefficient (Wildman–Crippen LogP) is 3.34. The lowest BCUT2D eigenvalue weighted by Gasteiger charge is -2.27. The highest BCUT2D eigenvalue weighted by molar-refractivity contribution is 6.32. The Hall–Kier alpha value is -1.30. The van der Waals surface area contributed by atoms with E-state index in [4.69, 9.17) is 16.3 Å². The molecule has 0 bridgehead atoms. The number of hydrogen-bond acceptors (Lipinski definition) is 3. The minimum Gasteiger partial charge on any atom is -0.489 e. The van der Waals surface area contributed by atoms with E-state index in [1.165, 1.54) is 11.1 Å². The van der Waals surface area contributed by atoms with Crippen molar-refractivity contribution in [1.29, 1.82) is 0 Å². The second-order valence-corrected chi connectivity index (χ2v) is 6.34. The van der Waals surface area contributed by atoms with Crippen LogP contribution >= 0.6 is 24.0 Å². The number of aliphatic hydroxyl groups is 1. The topological polar surface area (TPSA) is 73.0 Å². The number of ether oxygens (including phenoxy) is 1. The first-order chi connectivity index (χ1) is 11.2. The van der Waals surface area contributed by atoms with Crippen LogP contribution in [0.1, 0.15) is 30.0 Å². The van der Waals surface area contributed by atoms with Crippen LogP contribution in [0.15, 0.2) is 48.5 Å². The number of fused-ring (bicyclic) bond motifs is 1. The molecule has 0 amide bonds. The fraction of sp³-hybridized carbons (Fsp3) is 0.368. The third-order valence-electron chi connectivity index (χ3n) is 4.27. The van der Waals surface area contributed by atoms with Crippen molar-refractivity contribution in [3.8, 4) is 5.75 Å². The number of aliphatic hydroxyl groups excluding tert-OH is 1. The summed E-state index contributed by atoms with van der Waals surface area (Å²) in [5.41, 5.74) is 2.77. The molecule has 0 fully saturated rings. The van der Waals surface area contributed by atoms with Crippen molar-refractivity contribution >= 4 is 24.0 Å². The van der Waals surface area contributed by atoms with Crippen LogP contribution in [0, 0.1) is 0 Å². The number of para-hydroxylation sites is 1. The Balaban J connectivity index is 0.00000156. The highest BCUT2D eigenvalue weighted by Crippen LogP contribution is 2.27. The first-order valence-electron chi connectivity index (χ1n) is 8.10. The van der Waals surface area contributed by atoms with E-state index in [9.17, 15) is 5.11 Å². The number of benzene rings is 2. The van der Waals surface area contributed by atoms with Gasteiger partial charge < -0.3 is 20.6 Å². The second kappa shape index (κ2) is 10.6. The minimum absolute atomic E-state index is 0. The first-order valence-corrected chi connectivity index (χ1v) is 8.48. The minimum atomic E-state index is -0.498. The van der Waals surface area contributed by atoms with E-state index in [1.807, 2.05) is 18.2 Å². The van der Waals surface area contributed by atoms with Crippen molar-refractivity contribution in [3.63, 3.8) is 0 Å². The Morgan fingerprint density at radius 2 is 1.88 bits per heavy atom. The summed E-state index contributed by atoms with van der Waals surface area (Å²) in [5.74, 6) is 0.620. The molecule has 4 nitrogen and oxygen atoms in total. The second-order valence-electron chi connectivity index (χ2n) is 5.93. The van der Waals surface area contributed by atoms with Crippen molar-refractivity contribution in [2.45, 2.75) is 31.4 Å². The molecule has 2 aromatic carbocycles. The predicted molar refractivity (Wildman–Crippen MR) is 104 cm³/mol. The molecule has 0 aromatic heterocycles. The van der Waals surface area contributed by atoms with Crippen molar-refractivity contribution in [2.24, 2.45) is 0 Å². The molecule has 2 aromatic rings. The molecule has 25 heavy (non-hydrogen) atoms. The van der Waals surface area contributed by atoms with Crippen molar-refractivity contribution in [1.82, 2.24) is 5.32 Å². The molecule has 2 unspecified atom stereocenters. The fourth-order valence-electron chi connectivity index (χ4n) is 3.04. The molecule has 0 saturated carbocycles. The number of hydrogen-bond donors (Lipinski definition) is 2. The standard InChI is InChI=1S/C19H22ClNO2.ClH.H2O/c20-17-7-3-4-8-19(17)23-13-15(22)9-10-18-16-6-2-1-5-14(16)11-12-21-18;;/h1-8,15,18,21-22H,9-13H2;1H;1H2. The Morgan fingerprint density at radius 1 is 1.16 bits per heavy atom. The molecule has 0 saturated heterocycles. The molecule has 0 spiro atoms. The first kappa shape index (κ1) is 21.7. The maximum atomic E-state index is 10.2. The van der Waals surface area contributed by atoms with E-state index in [2.05, 4.69) is 29.6 Å². The molecular weight excluding hydrogens is 361 g/mol. The Morgan fingerprint density at radius 3 is 2.68 bits per heavy atom. The van der Waals surface area contributed by atoms with E-state index in [1.54, 1.807) is 6.07 Å². The average Bonchev–Trinajstić information content (AvgIpc) is 2.59. The van der Waals surface area contributed by atoms with Crippen molar-refractivity contribution in [3.05, 3.63) is 64.7 Å². The quantitative estimate of drug-likeness (QED) is 0.800. The van der Waals surface area contributed by atoms with Gasteiger partial charge in [0, 0.05) is 6.04 Å². The molecule has 2 atom stereocenters. The molecule has 4 N–H and O–H groups in total. The average molecular weight is 386 g/mol. The monoisotopic (exact) mass is 385 g/mol. The maximum Gasteiger partial charge on any atom is 0.138 e. The van der Waals surface area contributed by atoms with E-state index in [0.29, 0.717) is 23.2 Å². The van der Waals surface area contributed by atoms with Gasteiger partial charge in [0.15, 0.2) is 0 Å². The van der Waals surface area contributed by atoms with Gasteiger partial charge in [0.25, 0.3) is 0 Å². The van der Waals surface area contributed by atoms with Crippen LogP contribution in [0.2, 0.25) is 5.02 Å². The van der Waals surface area contributed by atoms with Gasteiger partial charge in [-0.3, -0.25) is 0 Å². The van der Waals surface area contributed by atoms with Crippen molar-refractivity contribution < 1.29 is 15.3 Å². The zero-order chi connectivity index (χ0) is 16.1. The highest BCUT2D eigenvalue weighted by atomic mass is 35.5. The summed E-state index contributed by atoms with van der Waals surface area (Å²) in [6.07, 6.45) is 2.16. The maximum absolute atomic E-state index is 10.2. The van der Waals surface area contributed by atoms with Gasteiger partial charge in [-0.1, -0.05) is 48.0 Å². The zero-order valence-corrected chi connectivity index (χ0v) is 15.5. The van der Waals surface area contributed by atoms with Gasteiger partial charge in [0.2, 0.25) is 0 Å². The smallest absolute Gasteiger partial charge is 0.138 e. The lowest BCUT2D eigenvalue weighted by atomic mass is 9.91. The van der Waals surface area contributed by atoms with Gasteiger partial charge in [-0.05, 0) is 49.1 Å². The van der Waals surface area contributed by atoms with Gasteiger partial charge in [0.1, 0.15) is 12.4 Å². The van der Waals surface area contributed by atoms with Gasteiger partial charge in [0.05, 0.1) is 11.1 Å². The summed E-state index contributed by atoms with van der Waals surface area (Å²) in [5, 5.41) is 14.3. The van der Waals surface area contributed by atoms with Crippen LogP contribution in [0.3, 0.4) is 0 Å². The van der Waals surface area contributed by atoms with E-state index in [-0.39, 0.29) is 24.5 Å². The molecule has 1 aliphatic heterocycles. The van der Waals surface area contributed by atoms with Crippen molar-refractivity contribution in [2.75, 3.05) is 13.2 Å². The van der Waals surface area contributed by atoms with Gasteiger partial charge in [-0.15, -0.1) is 12.4 Å². The normalized spacial score (nSPS) is 16.8. The molecule has 0 radical (unpaired) electrons. The number of rotatable bonds is 6. The Labute approximate surface area is 159 Å². The van der Waals surface area contributed by atoms with Crippen LogP contribution in [-0.2, 0) is 6.42 Å². The Bertz CT molecular complexity index is 654. The molecular formula is C19H25Cl2NO3. The summed E-state index contributed by atoms with van der Waals surface area (Å²) in [6.45, 7) is 1.26. The van der Waals surface area contributed by atoms with Crippen LogP contribution in [-0.4, -0.2) is 29.8 Å². The molecule has 1 aliphatic rings. The third kappa shape index (κ3) is 5.87. The zero-order valence-electron chi connectivity index (χ0n) is 14.0. The van der Waals surface area contributed by atoms with Gasteiger partial charge in [-0.2, -0.15) is 0 Å².